The van der Waals surface area contributed by atoms with Crippen LogP contribution < -0.4 is 5.32 Å². The Kier molecular flexibility index (Phi) is 4.49. The predicted octanol–water partition coefficient (Wildman–Crippen LogP) is 4.98. The maximum Gasteiger partial charge on any atom is 0.248 e. The highest BCUT2D eigenvalue weighted by Gasteiger charge is 2.16. The molecule has 5 nitrogen and oxygen atoms in total. The second-order valence-electron chi connectivity index (χ2n) is 6.73. The molecule has 2 aromatic carbocycles. The predicted molar refractivity (Wildman–Crippen MR) is 110 cm³/mol. The van der Waals surface area contributed by atoms with Gasteiger partial charge in [0.2, 0.25) is 5.91 Å². The smallest absolute Gasteiger partial charge is 0.248 e. The van der Waals surface area contributed by atoms with Gasteiger partial charge in [0.15, 0.2) is 0 Å². The molecule has 136 valence electrons. The Labute approximate surface area is 161 Å². The molecule has 0 bridgehead atoms. The Morgan fingerprint density at radius 2 is 1.89 bits per heavy atom. The molecule has 6 heteroatoms. The van der Waals surface area contributed by atoms with Gasteiger partial charge in [-0.15, -0.1) is 11.3 Å². The fourth-order valence-electron chi connectivity index (χ4n) is 2.86. The van der Waals surface area contributed by atoms with Crippen LogP contribution in [0, 0.1) is 13.8 Å². The van der Waals surface area contributed by atoms with Gasteiger partial charge < -0.3 is 5.32 Å². The fraction of sp³-hybridized carbons (Fsp3) is 0.190. The molecular formula is C21H20N4OS. The van der Waals surface area contributed by atoms with E-state index in [1.54, 1.807) is 22.2 Å². The Bertz CT molecular complexity index is 1110. The molecule has 0 fully saturated rings. The zero-order valence-electron chi connectivity index (χ0n) is 15.4. The Hall–Kier alpha value is -2.99. The first-order valence-corrected chi connectivity index (χ1v) is 9.60. The summed E-state index contributed by atoms with van der Waals surface area (Å²) in [5.41, 5.74) is 5.09. The standard InChI is InChI=1S/C21H20N4OS/c1-13-4-9-18-19(10-13)27-21(24-18)16-5-7-17(8-6-16)23-20(26)15(3)25-12-14(2)11-22-25/h4-12,15H,1-3H3,(H,23,26). The van der Waals surface area contributed by atoms with Gasteiger partial charge in [-0.2, -0.15) is 5.10 Å². The minimum Gasteiger partial charge on any atom is -0.324 e. The molecule has 27 heavy (non-hydrogen) atoms. The van der Waals surface area contributed by atoms with Crippen molar-refractivity contribution in [3.63, 3.8) is 0 Å². The van der Waals surface area contributed by atoms with Crippen LogP contribution in [0.25, 0.3) is 20.8 Å². The summed E-state index contributed by atoms with van der Waals surface area (Å²) in [5.74, 6) is -0.0960. The van der Waals surface area contributed by atoms with E-state index in [1.165, 1.54) is 10.3 Å². The molecule has 0 saturated heterocycles. The van der Waals surface area contributed by atoms with Crippen LogP contribution in [0.3, 0.4) is 0 Å². The maximum atomic E-state index is 12.4. The lowest BCUT2D eigenvalue weighted by Gasteiger charge is -2.12. The third-order valence-electron chi connectivity index (χ3n) is 4.45. The second-order valence-corrected chi connectivity index (χ2v) is 7.76. The van der Waals surface area contributed by atoms with Crippen LogP contribution in [0.4, 0.5) is 5.69 Å². The van der Waals surface area contributed by atoms with Crippen LogP contribution in [0.15, 0.2) is 54.9 Å². The van der Waals surface area contributed by atoms with Crippen LogP contribution in [0.2, 0.25) is 0 Å². The Morgan fingerprint density at radius 3 is 2.59 bits per heavy atom. The number of anilines is 1. The molecule has 2 aromatic heterocycles. The van der Waals surface area contributed by atoms with Crippen molar-refractivity contribution in [1.82, 2.24) is 14.8 Å². The quantitative estimate of drug-likeness (QED) is 0.547. The summed E-state index contributed by atoms with van der Waals surface area (Å²) >= 11 is 1.68. The van der Waals surface area contributed by atoms with Gasteiger partial charge in [0.1, 0.15) is 11.0 Å². The number of hydrogen-bond acceptors (Lipinski definition) is 4. The summed E-state index contributed by atoms with van der Waals surface area (Å²) in [7, 11) is 0. The largest absolute Gasteiger partial charge is 0.324 e. The third kappa shape index (κ3) is 3.61. The number of fused-ring (bicyclic) bond motifs is 1. The molecular weight excluding hydrogens is 356 g/mol. The average molecular weight is 376 g/mol. The number of benzene rings is 2. The van der Waals surface area contributed by atoms with Gasteiger partial charge in [0.05, 0.1) is 16.4 Å². The van der Waals surface area contributed by atoms with Gasteiger partial charge in [-0.25, -0.2) is 4.98 Å². The van der Waals surface area contributed by atoms with Gasteiger partial charge >= 0.3 is 0 Å². The Balaban J connectivity index is 1.50. The van der Waals surface area contributed by atoms with E-state index in [0.717, 1.165) is 27.3 Å². The summed E-state index contributed by atoms with van der Waals surface area (Å²) in [6.45, 7) is 5.87. The van der Waals surface area contributed by atoms with Crippen LogP contribution in [0.5, 0.6) is 0 Å². The number of aryl methyl sites for hydroxylation is 2. The van der Waals surface area contributed by atoms with E-state index in [1.807, 2.05) is 44.3 Å². The first-order chi connectivity index (χ1) is 13.0. The van der Waals surface area contributed by atoms with Crippen molar-refractivity contribution in [3.05, 3.63) is 66.0 Å². The number of nitrogens with one attached hydrogen (secondary N) is 1. The molecule has 4 rings (SSSR count). The lowest BCUT2D eigenvalue weighted by Crippen LogP contribution is -2.23. The fourth-order valence-corrected chi connectivity index (χ4v) is 3.93. The first kappa shape index (κ1) is 17.4. The Morgan fingerprint density at radius 1 is 1.11 bits per heavy atom. The van der Waals surface area contributed by atoms with Crippen molar-refractivity contribution in [2.24, 2.45) is 0 Å². The zero-order valence-corrected chi connectivity index (χ0v) is 16.2. The van der Waals surface area contributed by atoms with Crippen molar-refractivity contribution in [3.8, 4) is 10.6 Å². The number of hydrogen-bond donors (Lipinski definition) is 1. The van der Waals surface area contributed by atoms with Gasteiger partial charge in [-0.05, 0) is 68.3 Å². The van der Waals surface area contributed by atoms with Gasteiger partial charge in [-0.1, -0.05) is 6.07 Å². The second kappa shape index (κ2) is 6.96. The monoisotopic (exact) mass is 376 g/mol. The highest BCUT2D eigenvalue weighted by atomic mass is 32.1. The zero-order chi connectivity index (χ0) is 19.0. The van der Waals surface area contributed by atoms with Crippen molar-refractivity contribution < 1.29 is 4.79 Å². The van der Waals surface area contributed by atoms with E-state index in [9.17, 15) is 4.79 Å². The summed E-state index contributed by atoms with van der Waals surface area (Å²) in [6, 6.07) is 13.7. The number of amides is 1. The number of nitrogens with zero attached hydrogens (tertiary/aromatic N) is 3. The topological polar surface area (TPSA) is 59.8 Å². The lowest BCUT2D eigenvalue weighted by atomic mass is 10.2. The van der Waals surface area contributed by atoms with E-state index in [4.69, 9.17) is 4.98 Å². The molecule has 0 spiro atoms. The minimum atomic E-state index is -0.370. The van der Waals surface area contributed by atoms with E-state index < -0.39 is 0 Å². The molecule has 2 heterocycles. The van der Waals surface area contributed by atoms with Crippen LogP contribution in [-0.4, -0.2) is 20.7 Å². The number of rotatable bonds is 4. The van der Waals surface area contributed by atoms with E-state index >= 15 is 0 Å². The van der Waals surface area contributed by atoms with Crippen LogP contribution in [-0.2, 0) is 4.79 Å². The van der Waals surface area contributed by atoms with Crippen molar-refractivity contribution in [2.45, 2.75) is 26.8 Å². The number of carbonyl (C=O) groups excluding carboxylic acids is 1. The van der Waals surface area contributed by atoms with Gasteiger partial charge in [-0.3, -0.25) is 9.48 Å². The van der Waals surface area contributed by atoms with Crippen molar-refractivity contribution in [1.29, 1.82) is 0 Å². The number of thiazole rings is 1. The highest BCUT2D eigenvalue weighted by Crippen LogP contribution is 2.31. The summed E-state index contributed by atoms with van der Waals surface area (Å²) in [4.78, 5) is 17.1. The lowest BCUT2D eigenvalue weighted by molar-refractivity contribution is -0.119. The van der Waals surface area contributed by atoms with Gasteiger partial charge in [0, 0.05) is 17.4 Å². The SMILES string of the molecule is Cc1ccc2nc(-c3ccc(NC(=O)C(C)n4cc(C)cn4)cc3)sc2c1. The molecule has 1 unspecified atom stereocenters. The first-order valence-electron chi connectivity index (χ1n) is 8.79. The summed E-state index contributed by atoms with van der Waals surface area (Å²) in [6.07, 6.45) is 3.61. The van der Waals surface area contributed by atoms with Gasteiger partial charge in [0.25, 0.3) is 0 Å². The minimum absolute atomic E-state index is 0.0960. The third-order valence-corrected chi connectivity index (χ3v) is 5.52. The maximum absolute atomic E-state index is 12.4. The van der Waals surface area contributed by atoms with Crippen LogP contribution >= 0.6 is 11.3 Å². The van der Waals surface area contributed by atoms with Crippen molar-refractivity contribution in [2.75, 3.05) is 5.32 Å². The average Bonchev–Trinajstić information content (AvgIpc) is 3.27. The molecule has 1 N–H and O–H groups in total. The summed E-state index contributed by atoms with van der Waals surface area (Å²) < 4.78 is 2.85. The molecule has 4 aromatic rings. The van der Waals surface area contributed by atoms with E-state index in [-0.39, 0.29) is 11.9 Å². The molecule has 0 radical (unpaired) electrons. The van der Waals surface area contributed by atoms with Crippen molar-refractivity contribution >= 4 is 33.1 Å². The highest BCUT2D eigenvalue weighted by molar-refractivity contribution is 7.21. The van der Waals surface area contributed by atoms with E-state index in [0.29, 0.717) is 0 Å². The normalized spacial score (nSPS) is 12.3. The molecule has 1 atom stereocenters. The molecule has 0 aliphatic rings. The molecule has 1 amide bonds. The molecule has 0 aliphatic heterocycles. The molecule has 0 saturated carbocycles. The number of carbonyl (C=O) groups is 1. The number of aromatic nitrogens is 3. The van der Waals surface area contributed by atoms with Crippen LogP contribution in [0.1, 0.15) is 24.1 Å². The summed E-state index contributed by atoms with van der Waals surface area (Å²) in [5, 5.41) is 8.13. The molecule has 0 aliphatic carbocycles. The van der Waals surface area contributed by atoms with E-state index in [2.05, 4.69) is 35.5 Å².